The standard InChI is InChI=1S/C18H21FN4O2/c1-12-9-16(22-13(2)21-12)10-20-18(24)23-7-8-25-11-17(23)14-3-5-15(19)6-4-14/h3-6,9,17H,7-8,10-11H2,1-2H3,(H,20,24). The molecule has 7 heteroatoms. The molecule has 0 saturated carbocycles. The van der Waals surface area contributed by atoms with Crippen LogP contribution in [0.2, 0.25) is 0 Å². The lowest BCUT2D eigenvalue weighted by atomic mass is 10.1. The number of halogens is 1. The number of carbonyl (C=O) groups is 1. The number of amides is 2. The normalized spacial score (nSPS) is 17.4. The highest BCUT2D eigenvalue weighted by Gasteiger charge is 2.28. The average molecular weight is 344 g/mol. The van der Waals surface area contributed by atoms with Gasteiger partial charge in [0.05, 0.1) is 31.5 Å². The zero-order chi connectivity index (χ0) is 17.8. The van der Waals surface area contributed by atoms with Crippen molar-refractivity contribution in [1.82, 2.24) is 20.2 Å². The van der Waals surface area contributed by atoms with E-state index in [9.17, 15) is 9.18 Å². The van der Waals surface area contributed by atoms with Crippen LogP contribution >= 0.6 is 0 Å². The lowest BCUT2D eigenvalue weighted by Crippen LogP contribution is -2.48. The molecule has 2 aromatic rings. The second-order valence-electron chi connectivity index (χ2n) is 6.04. The van der Waals surface area contributed by atoms with Gasteiger partial charge in [-0.2, -0.15) is 0 Å². The van der Waals surface area contributed by atoms with Gasteiger partial charge in [0, 0.05) is 12.2 Å². The molecule has 1 atom stereocenters. The van der Waals surface area contributed by atoms with E-state index in [0.29, 0.717) is 32.1 Å². The number of morpholine rings is 1. The van der Waals surface area contributed by atoms with Gasteiger partial charge in [0.15, 0.2) is 0 Å². The third kappa shape index (κ3) is 4.30. The molecule has 2 amide bonds. The Morgan fingerprint density at radius 3 is 2.80 bits per heavy atom. The number of urea groups is 1. The number of ether oxygens (including phenoxy) is 1. The highest BCUT2D eigenvalue weighted by molar-refractivity contribution is 5.74. The molecule has 25 heavy (non-hydrogen) atoms. The highest BCUT2D eigenvalue weighted by atomic mass is 19.1. The van der Waals surface area contributed by atoms with Gasteiger partial charge in [-0.05, 0) is 37.6 Å². The van der Waals surface area contributed by atoms with Crippen molar-refractivity contribution in [3.8, 4) is 0 Å². The molecule has 1 N–H and O–H groups in total. The van der Waals surface area contributed by atoms with Gasteiger partial charge >= 0.3 is 6.03 Å². The van der Waals surface area contributed by atoms with E-state index in [2.05, 4.69) is 15.3 Å². The highest BCUT2D eigenvalue weighted by Crippen LogP contribution is 2.24. The molecule has 1 aromatic carbocycles. The van der Waals surface area contributed by atoms with Crippen LogP contribution in [0.1, 0.15) is 28.8 Å². The molecule has 2 heterocycles. The second kappa shape index (κ2) is 7.57. The number of rotatable bonds is 3. The fourth-order valence-electron chi connectivity index (χ4n) is 2.96. The van der Waals surface area contributed by atoms with Crippen molar-refractivity contribution in [1.29, 1.82) is 0 Å². The first-order valence-electron chi connectivity index (χ1n) is 8.22. The van der Waals surface area contributed by atoms with Crippen LogP contribution < -0.4 is 5.32 Å². The van der Waals surface area contributed by atoms with Gasteiger partial charge in [0.1, 0.15) is 11.6 Å². The first-order chi connectivity index (χ1) is 12.0. The average Bonchev–Trinajstić information content (AvgIpc) is 2.59. The molecule has 0 bridgehead atoms. The van der Waals surface area contributed by atoms with Crippen molar-refractivity contribution < 1.29 is 13.9 Å². The molecule has 1 fully saturated rings. The van der Waals surface area contributed by atoms with Gasteiger partial charge in [-0.1, -0.05) is 12.1 Å². The molecule has 1 saturated heterocycles. The largest absolute Gasteiger partial charge is 0.377 e. The number of carbonyl (C=O) groups excluding carboxylic acids is 1. The van der Waals surface area contributed by atoms with Crippen molar-refractivity contribution in [2.45, 2.75) is 26.4 Å². The number of benzene rings is 1. The number of nitrogens with zero attached hydrogens (tertiary/aromatic N) is 3. The van der Waals surface area contributed by atoms with Crippen LogP contribution in [0.15, 0.2) is 30.3 Å². The predicted octanol–water partition coefficient (Wildman–Crippen LogP) is 2.52. The van der Waals surface area contributed by atoms with Crippen LogP contribution in [0.25, 0.3) is 0 Å². The molecule has 1 aliphatic rings. The summed E-state index contributed by atoms with van der Waals surface area (Å²) in [6, 6.07) is 7.59. The Morgan fingerprint density at radius 2 is 2.08 bits per heavy atom. The number of hydrogen-bond donors (Lipinski definition) is 1. The molecule has 0 spiro atoms. The summed E-state index contributed by atoms with van der Waals surface area (Å²) in [5.41, 5.74) is 2.49. The Balaban J connectivity index is 1.69. The maximum atomic E-state index is 13.1. The third-order valence-corrected chi connectivity index (χ3v) is 4.08. The minimum absolute atomic E-state index is 0.188. The molecule has 1 aliphatic heterocycles. The SMILES string of the molecule is Cc1cc(CNC(=O)N2CCOCC2c2ccc(F)cc2)nc(C)n1. The van der Waals surface area contributed by atoms with E-state index in [-0.39, 0.29) is 17.9 Å². The van der Waals surface area contributed by atoms with Crippen LogP contribution in [-0.2, 0) is 11.3 Å². The molecule has 3 rings (SSSR count). The smallest absolute Gasteiger partial charge is 0.318 e. The summed E-state index contributed by atoms with van der Waals surface area (Å²) in [5.74, 6) is 0.380. The van der Waals surface area contributed by atoms with Crippen molar-refractivity contribution in [2.75, 3.05) is 19.8 Å². The summed E-state index contributed by atoms with van der Waals surface area (Å²) in [6.07, 6.45) is 0. The van der Waals surface area contributed by atoms with Crippen LogP contribution in [0.4, 0.5) is 9.18 Å². The predicted molar refractivity (Wildman–Crippen MR) is 90.4 cm³/mol. The van der Waals surface area contributed by atoms with Crippen molar-refractivity contribution in [3.05, 3.63) is 58.9 Å². The van der Waals surface area contributed by atoms with E-state index in [1.807, 2.05) is 19.9 Å². The number of hydrogen-bond acceptors (Lipinski definition) is 4. The number of aryl methyl sites for hydroxylation is 2. The van der Waals surface area contributed by atoms with Gasteiger partial charge in [-0.25, -0.2) is 19.2 Å². The van der Waals surface area contributed by atoms with Crippen LogP contribution in [0.5, 0.6) is 0 Å². The van der Waals surface area contributed by atoms with E-state index < -0.39 is 0 Å². The first kappa shape index (κ1) is 17.3. The van der Waals surface area contributed by atoms with Crippen molar-refractivity contribution in [3.63, 3.8) is 0 Å². The molecule has 0 aliphatic carbocycles. The molecule has 1 unspecified atom stereocenters. The zero-order valence-corrected chi connectivity index (χ0v) is 14.3. The van der Waals surface area contributed by atoms with Gasteiger partial charge in [-0.3, -0.25) is 0 Å². The number of aromatic nitrogens is 2. The van der Waals surface area contributed by atoms with Crippen LogP contribution in [0, 0.1) is 19.7 Å². The van der Waals surface area contributed by atoms with Crippen molar-refractivity contribution in [2.24, 2.45) is 0 Å². The van der Waals surface area contributed by atoms with Gasteiger partial charge in [0.2, 0.25) is 0 Å². The van der Waals surface area contributed by atoms with Crippen molar-refractivity contribution >= 4 is 6.03 Å². The Hall–Kier alpha value is -2.54. The van der Waals surface area contributed by atoms with Crippen LogP contribution in [-0.4, -0.2) is 40.7 Å². The quantitative estimate of drug-likeness (QED) is 0.929. The zero-order valence-electron chi connectivity index (χ0n) is 14.3. The Bertz CT molecular complexity index is 731. The summed E-state index contributed by atoms with van der Waals surface area (Å²) in [5, 5.41) is 2.90. The molecule has 132 valence electrons. The summed E-state index contributed by atoms with van der Waals surface area (Å²) in [7, 11) is 0. The Kier molecular flexibility index (Phi) is 5.23. The summed E-state index contributed by atoms with van der Waals surface area (Å²) in [6.45, 7) is 5.41. The summed E-state index contributed by atoms with van der Waals surface area (Å²) < 4.78 is 18.7. The monoisotopic (exact) mass is 344 g/mol. The Labute approximate surface area is 146 Å². The second-order valence-corrected chi connectivity index (χ2v) is 6.04. The molecule has 6 nitrogen and oxygen atoms in total. The minimum atomic E-state index is -0.300. The topological polar surface area (TPSA) is 67.4 Å². The van der Waals surface area contributed by atoms with Gasteiger partial charge < -0.3 is 15.0 Å². The van der Waals surface area contributed by atoms with Gasteiger partial charge in [-0.15, -0.1) is 0 Å². The molecule has 1 aromatic heterocycles. The maximum Gasteiger partial charge on any atom is 0.318 e. The molecular weight excluding hydrogens is 323 g/mol. The molecule has 0 radical (unpaired) electrons. The van der Waals surface area contributed by atoms with Gasteiger partial charge in [0.25, 0.3) is 0 Å². The van der Waals surface area contributed by atoms with E-state index in [1.54, 1.807) is 17.0 Å². The summed E-state index contributed by atoms with van der Waals surface area (Å²) in [4.78, 5) is 22.9. The lowest BCUT2D eigenvalue weighted by molar-refractivity contribution is 0.0115. The third-order valence-electron chi connectivity index (χ3n) is 4.08. The first-order valence-corrected chi connectivity index (χ1v) is 8.22. The number of nitrogens with one attached hydrogen (secondary N) is 1. The van der Waals surface area contributed by atoms with E-state index in [1.165, 1.54) is 12.1 Å². The maximum absolute atomic E-state index is 13.1. The summed E-state index contributed by atoms with van der Waals surface area (Å²) >= 11 is 0. The lowest BCUT2D eigenvalue weighted by Gasteiger charge is -2.35. The van der Waals surface area contributed by atoms with Crippen LogP contribution in [0.3, 0.4) is 0 Å². The minimum Gasteiger partial charge on any atom is -0.377 e. The molecular formula is C18H21FN4O2. The Morgan fingerprint density at radius 1 is 1.32 bits per heavy atom. The fourth-order valence-corrected chi connectivity index (χ4v) is 2.96. The van der Waals surface area contributed by atoms with E-state index in [0.717, 1.165) is 17.0 Å². The fraction of sp³-hybridized carbons (Fsp3) is 0.389. The van der Waals surface area contributed by atoms with E-state index >= 15 is 0 Å². The van der Waals surface area contributed by atoms with E-state index in [4.69, 9.17) is 4.74 Å².